The standard InChI is InChI=1S/C17H27NO4/c1-3-14(18-22-4-2)10-15-16(19)8-13(9-17(15)20)12-6-5-7-21-11-12/h10,12-14,18H,3-9,11H2,1-2H3. The maximum Gasteiger partial charge on any atom is 0.166 e. The number of carbonyl (C=O) groups is 2. The van der Waals surface area contributed by atoms with E-state index in [2.05, 4.69) is 5.48 Å². The Hall–Kier alpha value is -1.04. The number of hydrogen-bond acceptors (Lipinski definition) is 5. The van der Waals surface area contributed by atoms with Crippen LogP contribution in [0.15, 0.2) is 11.6 Å². The lowest BCUT2D eigenvalue weighted by Crippen LogP contribution is -2.35. The van der Waals surface area contributed by atoms with E-state index in [0.717, 1.165) is 25.9 Å². The average Bonchev–Trinajstić information content (AvgIpc) is 2.54. The van der Waals surface area contributed by atoms with Gasteiger partial charge in [-0.15, -0.1) is 0 Å². The zero-order valence-corrected chi connectivity index (χ0v) is 13.6. The Balaban J connectivity index is 2.00. The number of nitrogens with one attached hydrogen (secondary N) is 1. The molecule has 0 spiro atoms. The van der Waals surface area contributed by atoms with Crippen molar-refractivity contribution >= 4 is 11.6 Å². The van der Waals surface area contributed by atoms with E-state index in [1.54, 1.807) is 6.08 Å². The Labute approximate surface area is 132 Å². The molecule has 2 aliphatic rings. The number of rotatable bonds is 6. The number of allylic oxidation sites excluding steroid dienone is 1. The summed E-state index contributed by atoms with van der Waals surface area (Å²) < 4.78 is 5.50. The zero-order chi connectivity index (χ0) is 15.9. The summed E-state index contributed by atoms with van der Waals surface area (Å²) in [5, 5.41) is 0. The van der Waals surface area contributed by atoms with Crippen molar-refractivity contribution in [1.82, 2.24) is 5.48 Å². The molecule has 1 N–H and O–H groups in total. The maximum absolute atomic E-state index is 12.4. The lowest BCUT2D eigenvalue weighted by molar-refractivity contribution is -0.127. The van der Waals surface area contributed by atoms with Crippen molar-refractivity contribution in [2.75, 3.05) is 19.8 Å². The van der Waals surface area contributed by atoms with Crippen molar-refractivity contribution in [2.24, 2.45) is 11.8 Å². The third kappa shape index (κ3) is 4.48. The van der Waals surface area contributed by atoms with Crippen LogP contribution in [-0.4, -0.2) is 37.4 Å². The van der Waals surface area contributed by atoms with Crippen LogP contribution in [-0.2, 0) is 19.2 Å². The smallest absolute Gasteiger partial charge is 0.166 e. The first kappa shape index (κ1) is 17.3. The van der Waals surface area contributed by atoms with Gasteiger partial charge >= 0.3 is 0 Å². The molecule has 0 radical (unpaired) electrons. The highest BCUT2D eigenvalue weighted by atomic mass is 16.6. The van der Waals surface area contributed by atoms with Crippen LogP contribution in [0.4, 0.5) is 0 Å². The molecule has 1 heterocycles. The van der Waals surface area contributed by atoms with Crippen LogP contribution in [0.1, 0.15) is 46.0 Å². The van der Waals surface area contributed by atoms with Crippen molar-refractivity contribution in [3.63, 3.8) is 0 Å². The number of ether oxygens (including phenoxy) is 1. The van der Waals surface area contributed by atoms with Crippen molar-refractivity contribution in [1.29, 1.82) is 0 Å². The highest BCUT2D eigenvalue weighted by Crippen LogP contribution is 2.33. The highest BCUT2D eigenvalue weighted by Gasteiger charge is 2.35. The third-order valence-corrected chi connectivity index (χ3v) is 4.54. The van der Waals surface area contributed by atoms with Gasteiger partial charge < -0.3 is 9.57 Å². The SMILES string of the molecule is CCONC(C=C1C(=O)CC(C2CCCOC2)CC1=O)CC. The first-order valence-electron chi connectivity index (χ1n) is 8.38. The van der Waals surface area contributed by atoms with Crippen molar-refractivity contribution in [3.05, 3.63) is 11.6 Å². The second-order valence-electron chi connectivity index (χ2n) is 6.14. The van der Waals surface area contributed by atoms with E-state index in [1.807, 2.05) is 13.8 Å². The van der Waals surface area contributed by atoms with Crippen LogP contribution >= 0.6 is 0 Å². The minimum Gasteiger partial charge on any atom is -0.381 e. The molecule has 1 aliphatic carbocycles. The summed E-state index contributed by atoms with van der Waals surface area (Å²) in [6.45, 7) is 5.92. The van der Waals surface area contributed by atoms with E-state index < -0.39 is 0 Å². The molecule has 2 atom stereocenters. The van der Waals surface area contributed by atoms with Crippen LogP contribution in [0.25, 0.3) is 0 Å². The van der Waals surface area contributed by atoms with Gasteiger partial charge in [-0.2, -0.15) is 5.48 Å². The molecule has 0 bridgehead atoms. The van der Waals surface area contributed by atoms with Crippen LogP contribution in [0.2, 0.25) is 0 Å². The fourth-order valence-corrected chi connectivity index (χ4v) is 3.21. The van der Waals surface area contributed by atoms with Crippen molar-refractivity contribution < 1.29 is 19.2 Å². The fraction of sp³-hybridized carbons (Fsp3) is 0.765. The van der Waals surface area contributed by atoms with Crippen LogP contribution in [0, 0.1) is 11.8 Å². The summed E-state index contributed by atoms with van der Waals surface area (Å²) >= 11 is 0. The molecule has 2 unspecified atom stereocenters. The lowest BCUT2D eigenvalue weighted by atomic mass is 9.74. The first-order chi connectivity index (χ1) is 10.7. The second-order valence-corrected chi connectivity index (χ2v) is 6.14. The minimum atomic E-state index is -0.0996. The first-order valence-corrected chi connectivity index (χ1v) is 8.38. The molecule has 0 aromatic rings. The monoisotopic (exact) mass is 309 g/mol. The summed E-state index contributed by atoms with van der Waals surface area (Å²) in [6, 6.07) is -0.0996. The molecule has 0 aromatic heterocycles. The summed E-state index contributed by atoms with van der Waals surface area (Å²) in [4.78, 5) is 30.0. The Morgan fingerprint density at radius 2 is 2.00 bits per heavy atom. The summed E-state index contributed by atoms with van der Waals surface area (Å²) in [6.07, 6.45) is 5.54. The topological polar surface area (TPSA) is 64.6 Å². The molecule has 5 heteroatoms. The molecular formula is C17H27NO4. The normalized spacial score (nSPS) is 27.8. The summed E-state index contributed by atoms with van der Waals surface area (Å²) in [7, 11) is 0. The number of Topliss-reactive ketones (excluding diaryl/α,β-unsaturated/α-hetero) is 2. The Bertz CT molecular complexity index is 406. The molecule has 2 rings (SSSR count). The molecule has 1 saturated heterocycles. The number of hydroxylamine groups is 1. The number of hydrogen-bond donors (Lipinski definition) is 1. The molecule has 22 heavy (non-hydrogen) atoms. The van der Waals surface area contributed by atoms with Crippen LogP contribution in [0.5, 0.6) is 0 Å². The molecule has 1 aliphatic heterocycles. The Morgan fingerprint density at radius 3 is 2.55 bits per heavy atom. The van der Waals surface area contributed by atoms with E-state index >= 15 is 0 Å². The van der Waals surface area contributed by atoms with Gasteiger partial charge in [-0.3, -0.25) is 9.59 Å². The van der Waals surface area contributed by atoms with Gasteiger partial charge in [0.05, 0.1) is 18.2 Å². The minimum absolute atomic E-state index is 0.0245. The molecule has 5 nitrogen and oxygen atoms in total. The zero-order valence-electron chi connectivity index (χ0n) is 13.6. The fourth-order valence-electron chi connectivity index (χ4n) is 3.21. The van der Waals surface area contributed by atoms with Gasteiger partial charge in [0, 0.05) is 26.1 Å². The molecule has 1 saturated carbocycles. The van der Waals surface area contributed by atoms with Gasteiger partial charge in [0.1, 0.15) is 0 Å². The predicted molar refractivity (Wildman–Crippen MR) is 83.2 cm³/mol. The lowest BCUT2D eigenvalue weighted by Gasteiger charge is -2.32. The second kappa shape index (κ2) is 8.56. The molecular weight excluding hydrogens is 282 g/mol. The molecule has 2 fully saturated rings. The average molecular weight is 309 g/mol. The van der Waals surface area contributed by atoms with Crippen LogP contribution in [0.3, 0.4) is 0 Å². The van der Waals surface area contributed by atoms with Gasteiger partial charge in [0.15, 0.2) is 11.6 Å². The van der Waals surface area contributed by atoms with E-state index in [-0.39, 0.29) is 23.5 Å². The van der Waals surface area contributed by atoms with E-state index in [1.165, 1.54) is 0 Å². The van der Waals surface area contributed by atoms with Gasteiger partial charge in [-0.1, -0.05) is 13.0 Å². The maximum atomic E-state index is 12.4. The Kier molecular flexibility index (Phi) is 6.73. The van der Waals surface area contributed by atoms with E-state index in [0.29, 0.717) is 37.5 Å². The highest BCUT2D eigenvalue weighted by molar-refractivity contribution is 6.21. The van der Waals surface area contributed by atoms with E-state index in [4.69, 9.17) is 9.57 Å². The predicted octanol–water partition coefficient (Wildman–Crippen LogP) is 2.21. The van der Waals surface area contributed by atoms with Gasteiger partial charge in [-0.25, -0.2) is 0 Å². The largest absolute Gasteiger partial charge is 0.381 e. The number of ketones is 2. The summed E-state index contributed by atoms with van der Waals surface area (Å²) in [5.41, 5.74) is 3.23. The van der Waals surface area contributed by atoms with Crippen molar-refractivity contribution in [2.45, 2.75) is 52.0 Å². The van der Waals surface area contributed by atoms with E-state index in [9.17, 15) is 9.59 Å². The molecule has 0 aromatic carbocycles. The quantitative estimate of drug-likeness (QED) is 0.463. The van der Waals surface area contributed by atoms with Gasteiger partial charge in [-0.05, 0) is 38.0 Å². The van der Waals surface area contributed by atoms with Crippen molar-refractivity contribution in [3.8, 4) is 0 Å². The molecule has 124 valence electrons. The number of carbonyl (C=O) groups excluding carboxylic acids is 2. The van der Waals surface area contributed by atoms with Gasteiger partial charge in [0.25, 0.3) is 0 Å². The third-order valence-electron chi connectivity index (χ3n) is 4.54. The summed E-state index contributed by atoms with van der Waals surface area (Å²) in [5.74, 6) is 0.455. The van der Waals surface area contributed by atoms with Gasteiger partial charge in [0.2, 0.25) is 0 Å². The van der Waals surface area contributed by atoms with Crippen LogP contribution < -0.4 is 5.48 Å². The molecule has 0 amide bonds. The Morgan fingerprint density at radius 1 is 1.27 bits per heavy atom.